The molecule has 0 heterocycles. The average Bonchev–Trinajstić information content (AvgIpc) is 2.29. The van der Waals surface area contributed by atoms with E-state index in [1.165, 1.54) is 16.7 Å². The topological polar surface area (TPSA) is 87.1 Å². The standard InChI is InChI=1S/C9H10O.C8H10.2H3N/c1-7-3-4-9(6-10)8(2)5-7;1-7-4-3-5-8(2)6-7;;/h3-6H,1-2H3;3-6H,1-2H3;2*1H3. The van der Waals surface area contributed by atoms with Gasteiger partial charge < -0.3 is 12.3 Å². The van der Waals surface area contributed by atoms with Gasteiger partial charge in [0.15, 0.2) is 0 Å². The molecule has 0 aliphatic carbocycles. The van der Waals surface area contributed by atoms with Crippen molar-refractivity contribution in [1.29, 1.82) is 0 Å². The van der Waals surface area contributed by atoms with Crippen molar-refractivity contribution in [3.8, 4) is 0 Å². The van der Waals surface area contributed by atoms with Crippen LogP contribution in [0.2, 0.25) is 0 Å². The molecule has 0 unspecified atom stereocenters. The van der Waals surface area contributed by atoms with E-state index < -0.39 is 0 Å². The lowest BCUT2D eigenvalue weighted by Gasteiger charge is -1.97. The Morgan fingerprint density at radius 1 is 0.750 bits per heavy atom. The van der Waals surface area contributed by atoms with Crippen molar-refractivity contribution in [2.24, 2.45) is 0 Å². The van der Waals surface area contributed by atoms with Gasteiger partial charge in [-0.2, -0.15) is 0 Å². The van der Waals surface area contributed by atoms with Crippen LogP contribution in [0.3, 0.4) is 0 Å². The van der Waals surface area contributed by atoms with Crippen molar-refractivity contribution in [3.63, 3.8) is 0 Å². The summed E-state index contributed by atoms with van der Waals surface area (Å²) in [5.74, 6) is 0. The molecule has 6 N–H and O–H groups in total. The van der Waals surface area contributed by atoms with Crippen LogP contribution in [0.1, 0.15) is 32.6 Å². The summed E-state index contributed by atoms with van der Waals surface area (Å²) in [6.45, 7) is 8.16. The van der Waals surface area contributed by atoms with Crippen LogP contribution in [0.4, 0.5) is 0 Å². The second kappa shape index (κ2) is 9.89. The highest BCUT2D eigenvalue weighted by Gasteiger charge is 1.93. The smallest absolute Gasteiger partial charge is 0.150 e. The van der Waals surface area contributed by atoms with Crippen molar-refractivity contribution in [3.05, 3.63) is 70.3 Å². The molecule has 0 atom stereocenters. The molecule has 0 saturated heterocycles. The second-order valence-corrected chi connectivity index (χ2v) is 4.64. The van der Waals surface area contributed by atoms with Gasteiger partial charge in [0.1, 0.15) is 6.29 Å². The number of carbonyl (C=O) groups excluding carboxylic acids is 1. The minimum atomic E-state index is 0. The van der Waals surface area contributed by atoms with Crippen LogP contribution in [0, 0.1) is 27.7 Å². The maximum Gasteiger partial charge on any atom is 0.150 e. The molecule has 20 heavy (non-hydrogen) atoms. The molecule has 110 valence electrons. The SMILES string of the molecule is Cc1ccc(C=O)c(C)c1.Cc1cccc(C)c1.N.N. The molecule has 0 spiro atoms. The zero-order valence-corrected chi connectivity index (χ0v) is 12.9. The zero-order chi connectivity index (χ0) is 13.5. The number of aryl methyl sites for hydroxylation is 4. The van der Waals surface area contributed by atoms with Gasteiger partial charge >= 0.3 is 0 Å². The highest BCUT2D eigenvalue weighted by atomic mass is 16.1. The van der Waals surface area contributed by atoms with E-state index in [-0.39, 0.29) is 12.3 Å². The minimum absolute atomic E-state index is 0. The van der Waals surface area contributed by atoms with E-state index in [1.807, 2.05) is 32.0 Å². The van der Waals surface area contributed by atoms with Gasteiger partial charge in [0.2, 0.25) is 0 Å². The molecule has 0 aliphatic rings. The third kappa shape index (κ3) is 6.83. The lowest BCUT2D eigenvalue weighted by Crippen LogP contribution is -1.85. The van der Waals surface area contributed by atoms with Crippen LogP contribution in [0.25, 0.3) is 0 Å². The fraction of sp³-hybridized carbons (Fsp3) is 0.235. The zero-order valence-electron chi connectivity index (χ0n) is 12.9. The number of hydrogen-bond acceptors (Lipinski definition) is 3. The van der Waals surface area contributed by atoms with Crippen molar-refractivity contribution in [2.75, 3.05) is 0 Å². The molecule has 2 aromatic carbocycles. The quantitative estimate of drug-likeness (QED) is 0.736. The maximum atomic E-state index is 10.3. The summed E-state index contributed by atoms with van der Waals surface area (Å²) in [4.78, 5) is 10.3. The summed E-state index contributed by atoms with van der Waals surface area (Å²) in [5, 5.41) is 0. The van der Waals surface area contributed by atoms with Crippen LogP contribution in [0.5, 0.6) is 0 Å². The average molecular weight is 274 g/mol. The Hall–Kier alpha value is -1.97. The summed E-state index contributed by atoms with van der Waals surface area (Å²) >= 11 is 0. The van der Waals surface area contributed by atoms with E-state index in [0.717, 1.165) is 17.4 Å². The number of rotatable bonds is 1. The van der Waals surface area contributed by atoms with Crippen molar-refractivity contribution >= 4 is 6.29 Å². The van der Waals surface area contributed by atoms with E-state index in [1.54, 1.807) is 0 Å². The van der Waals surface area contributed by atoms with Gasteiger partial charge in [0, 0.05) is 5.56 Å². The van der Waals surface area contributed by atoms with Gasteiger partial charge in [-0.05, 0) is 33.3 Å². The van der Waals surface area contributed by atoms with Crippen molar-refractivity contribution in [1.82, 2.24) is 12.3 Å². The van der Waals surface area contributed by atoms with Crippen LogP contribution in [0.15, 0.2) is 42.5 Å². The first-order valence-corrected chi connectivity index (χ1v) is 6.08. The molecule has 0 bridgehead atoms. The third-order valence-electron chi connectivity index (χ3n) is 2.73. The highest BCUT2D eigenvalue weighted by Crippen LogP contribution is 2.07. The Balaban J connectivity index is 0. The summed E-state index contributed by atoms with van der Waals surface area (Å²) in [6.07, 6.45) is 0.884. The first-order valence-electron chi connectivity index (χ1n) is 6.08. The Bertz CT molecular complexity index is 519. The molecule has 0 saturated carbocycles. The van der Waals surface area contributed by atoms with E-state index in [9.17, 15) is 4.79 Å². The molecule has 0 aromatic heterocycles. The minimum Gasteiger partial charge on any atom is -0.344 e. The van der Waals surface area contributed by atoms with Crippen LogP contribution >= 0.6 is 0 Å². The van der Waals surface area contributed by atoms with E-state index in [4.69, 9.17) is 0 Å². The van der Waals surface area contributed by atoms with Gasteiger partial charge in [-0.1, -0.05) is 59.2 Å². The first-order chi connectivity index (χ1) is 8.52. The van der Waals surface area contributed by atoms with Crippen molar-refractivity contribution in [2.45, 2.75) is 27.7 Å². The molecular weight excluding hydrogens is 248 g/mol. The van der Waals surface area contributed by atoms with Crippen molar-refractivity contribution < 1.29 is 4.79 Å². The van der Waals surface area contributed by atoms with Gasteiger partial charge in [-0.25, -0.2) is 0 Å². The summed E-state index contributed by atoms with van der Waals surface area (Å²) in [5.41, 5.74) is 5.71. The lowest BCUT2D eigenvalue weighted by atomic mass is 10.1. The van der Waals surface area contributed by atoms with Gasteiger partial charge in [-0.15, -0.1) is 0 Å². The van der Waals surface area contributed by atoms with Crippen LogP contribution in [-0.2, 0) is 0 Å². The Labute approximate surface area is 122 Å². The predicted octanol–water partition coefficient (Wildman–Crippen LogP) is 4.74. The summed E-state index contributed by atoms with van der Waals surface area (Å²) in [6, 6.07) is 14.2. The number of aldehydes is 1. The molecule has 0 amide bonds. The van der Waals surface area contributed by atoms with E-state index >= 15 is 0 Å². The number of benzene rings is 2. The normalized spacial score (nSPS) is 8.40. The van der Waals surface area contributed by atoms with Gasteiger partial charge in [-0.3, -0.25) is 4.79 Å². The van der Waals surface area contributed by atoms with Gasteiger partial charge in [0.05, 0.1) is 0 Å². The fourth-order valence-corrected chi connectivity index (χ4v) is 1.76. The highest BCUT2D eigenvalue weighted by molar-refractivity contribution is 5.77. The van der Waals surface area contributed by atoms with E-state index in [2.05, 4.69) is 38.1 Å². The predicted molar refractivity (Wildman–Crippen MR) is 87.3 cm³/mol. The fourth-order valence-electron chi connectivity index (χ4n) is 1.76. The largest absolute Gasteiger partial charge is 0.344 e. The molecule has 0 radical (unpaired) electrons. The van der Waals surface area contributed by atoms with Crippen LogP contribution < -0.4 is 12.3 Å². The molecule has 2 aromatic rings. The maximum absolute atomic E-state index is 10.3. The first kappa shape index (κ1) is 20.3. The molecule has 0 fully saturated rings. The Morgan fingerprint density at radius 2 is 1.25 bits per heavy atom. The summed E-state index contributed by atoms with van der Waals surface area (Å²) in [7, 11) is 0. The number of hydrogen-bond donors (Lipinski definition) is 2. The lowest BCUT2D eigenvalue weighted by molar-refractivity contribution is 0.112. The molecule has 0 aliphatic heterocycles. The summed E-state index contributed by atoms with van der Waals surface area (Å²) < 4.78 is 0. The molecular formula is C17H26N2O. The molecule has 3 nitrogen and oxygen atoms in total. The monoisotopic (exact) mass is 274 g/mol. The second-order valence-electron chi connectivity index (χ2n) is 4.64. The van der Waals surface area contributed by atoms with Gasteiger partial charge in [0.25, 0.3) is 0 Å². The third-order valence-corrected chi connectivity index (χ3v) is 2.73. The Kier molecular flexibility index (Phi) is 10.1. The van der Waals surface area contributed by atoms with Crippen LogP contribution in [-0.4, -0.2) is 6.29 Å². The number of carbonyl (C=O) groups is 1. The molecule has 3 heteroatoms. The van der Waals surface area contributed by atoms with E-state index in [0.29, 0.717) is 0 Å². The Morgan fingerprint density at radius 3 is 1.60 bits per heavy atom. The molecule has 2 rings (SSSR count).